The first-order valence-electron chi connectivity index (χ1n) is 5.33. The van der Waals surface area contributed by atoms with Crippen LogP contribution in [0.3, 0.4) is 0 Å². The summed E-state index contributed by atoms with van der Waals surface area (Å²) in [6.45, 7) is 5.05. The average molecular weight is 217 g/mol. The molecule has 0 bridgehead atoms. The summed E-state index contributed by atoms with van der Waals surface area (Å²) in [5.74, 6) is 0. The molecule has 16 heavy (non-hydrogen) atoms. The summed E-state index contributed by atoms with van der Waals surface area (Å²) in [7, 11) is 0. The van der Waals surface area contributed by atoms with Gasteiger partial charge in [0.05, 0.1) is 30.3 Å². The Balaban J connectivity index is 2.05. The summed E-state index contributed by atoms with van der Waals surface area (Å²) in [6.07, 6.45) is 8.96. The Kier molecular flexibility index (Phi) is 3.14. The van der Waals surface area contributed by atoms with Gasteiger partial charge in [0.25, 0.3) is 0 Å². The van der Waals surface area contributed by atoms with Crippen LogP contribution in [0.4, 0.5) is 5.69 Å². The molecule has 0 spiro atoms. The monoisotopic (exact) mass is 217 g/mol. The molecule has 0 aromatic carbocycles. The second kappa shape index (κ2) is 4.74. The zero-order valence-electron chi connectivity index (χ0n) is 9.46. The largest absolute Gasteiger partial charge is 0.376 e. The van der Waals surface area contributed by atoms with Crippen molar-refractivity contribution in [3.63, 3.8) is 0 Å². The van der Waals surface area contributed by atoms with Crippen molar-refractivity contribution < 1.29 is 0 Å². The highest BCUT2D eigenvalue weighted by Gasteiger charge is 2.07. The van der Waals surface area contributed by atoms with Gasteiger partial charge in [-0.15, -0.1) is 0 Å². The molecule has 1 N–H and O–H groups in total. The molecule has 5 heteroatoms. The highest BCUT2D eigenvalue weighted by molar-refractivity contribution is 5.39. The maximum absolute atomic E-state index is 4.24. The van der Waals surface area contributed by atoms with Crippen LogP contribution in [-0.4, -0.2) is 19.7 Å². The quantitative estimate of drug-likeness (QED) is 0.849. The molecule has 1 atom stereocenters. The minimum absolute atomic E-state index is 0.200. The second-order valence-electron chi connectivity index (χ2n) is 3.62. The highest BCUT2D eigenvalue weighted by atomic mass is 15.3. The van der Waals surface area contributed by atoms with Crippen molar-refractivity contribution in [3.8, 4) is 0 Å². The van der Waals surface area contributed by atoms with Crippen molar-refractivity contribution in [2.24, 2.45) is 0 Å². The van der Waals surface area contributed by atoms with Gasteiger partial charge in [0.1, 0.15) is 6.33 Å². The van der Waals surface area contributed by atoms with E-state index >= 15 is 0 Å². The Hall–Kier alpha value is -1.91. The van der Waals surface area contributed by atoms with Gasteiger partial charge >= 0.3 is 0 Å². The van der Waals surface area contributed by atoms with Gasteiger partial charge in [-0.1, -0.05) is 0 Å². The number of nitrogens with zero attached hydrogens (tertiary/aromatic N) is 4. The fourth-order valence-corrected chi connectivity index (χ4v) is 1.48. The van der Waals surface area contributed by atoms with Crippen molar-refractivity contribution >= 4 is 5.69 Å². The lowest BCUT2D eigenvalue weighted by Gasteiger charge is -2.12. The zero-order chi connectivity index (χ0) is 11.4. The number of nitrogens with one attached hydrogen (secondary N) is 1. The van der Waals surface area contributed by atoms with Gasteiger partial charge in [0.15, 0.2) is 0 Å². The van der Waals surface area contributed by atoms with E-state index in [2.05, 4.69) is 34.2 Å². The fourth-order valence-electron chi connectivity index (χ4n) is 1.48. The SMILES string of the molecule is CCn1cc(C(C)Nc2cncnc2)cn1. The predicted octanol–water partition coefficient (Wildman–Crippen LogP) is 1.87. The van der Waals surface area contributed by atoms with E-state index in [0.29, 0.717) is 0 Å². The van der Waals surface area contributed by atoms with Crippen molar-refractivity contribution in [1.82, 2.24) is 19.7 Å². The molecule has 2 rings (SSSR count). The molecule has 1 unspecified atom stereocenters. The molecule has 0 saturated heterocycles. The van der Waals surface area contributed by atoms with Gasteiger partial charge in [-0.3, -0.25) is 4.68 Å². The molecule has 2 aromatic heterocycles. The molecular formula is C11H15N5. The molecule has 0 radical (unpaired) electrons. The van der Waals surface area contributed by atoms with E-state index in [0.717, 1.165) is 17.8 Å². The summed E-state index contributed by atoms with van der Waals surface area (Å²) in [5.41, 5.74) is 2.07. The minimum atomic E-state index is 0.200. The van der Waals surface area contributed by atoms with Crippen LogP contribution in [0, 0.1) is 0 Å². The van der Waals surface area contributed by atoms with Gasteiger partial charge in [-0.2, -0.15) is 5.10 Å². The lowest BCUT2D eigenvalue weighted by atomic mass is 10.2. The van der Waals surface area contributed by atoms with Crippen molar-refractivity contribution in [1.29, 1.82) is 0 Å². The van der Waals surface area contributed by atoms with E-state index in [4.69, 9.17) is 0 Å². The Morgan fingerprint density at radius 3 is 2.69 bits per heavy atom. The number of rotatable bonds is 4. The van der Waals surface area contributed by atoms with Crippen LogP contribution in [-0.2, 0) is 6.54 Å². The molecule has 2 heterocycles. The van der Waals surface area contributed by atoms with E-state index in [1.165, 1.54) is 6.33 Å². The molecule has 0 fully saturated rings. The van der Waals surface area contributed by atoms with Gasteiger partial charge < -0.3 is 5.32 Å². The Morgan fingerprint density at radius 2 is 2.06 bits per heavy atom. The van der Waals surface area contributed by atoms with Gasteiger partial charge in [0, 0.05) is 18.3 Å². The van der Waals surface area contributed by atoms with Crippen LogP contribution in [0.2, 0.25) is 0 Å². The van der Waals surface area contributed by atoms with Crippen LogP contribution >= 0.6 is 0 Å². The predicted molar refractivity (Wildman–Crippen MR) is 62.0 cm³/mol. The first-order chi connectivity index (χ1) is 7.79. The maximum atomic E-state index is 4.24. The number of aromatic nitrogens is 4. The zero-order valence-corrected chi connectivity index (χ0v) is 9.46. The van der Waals surface area contributed by atoms with Crippen molar-refractivity contribution in [2.45, 2.75) is 26.4 Å². The average Bonchev–Trinajstić information content (AvgIpc) is 2.79. The Bertz CT molecular complexity index is 437. The van der Waals surface area contributed by atoms with E-state index in [1.54, 1.807) is 12.4 Å². The van der Waals surface area contributed by atoms with Crippen molar-refractivity contribution in [3.05, 3.63) is 36.7 Å². The molecule has 0 aliphatic heterocycles. The number of aryl methyl sites for hydroxylation is 1. The second-order valence-corrected chi connectivity index (χ2v) is 3.62. The van der Waals surface area contributed by atoms with E-state index in [1.807, 2.05) is 17.1 Å². The molecule has 84 valence electrons. The first kappa shape index (κ1) is 10.6. The topological polar surface area (TPSA) is 55.6 Å². The molecular weight excluding hydrogens is 202 g/mol. The first-order valence-corrected chi connectivity index (χ1v) is 5.33. The van der Waals surface area contributed by atoms with E-state index < -0.39 is 0 Å². The number of hydrogen-bond donors (Lipinski definition) is 1. The van der Waals surface area contributed by atoms with Crippen LogP contribution < -0.4 is 5.32 Å². The standard InChI is InChI=1S/C11H15N5/c1-3-16-7-10(4-14-16)9(2)15-11-5-12-8-13-6-11/h4-9,15H,3H2,1-2H3. The summed E-state index contributed by atoms with van der Waals surface area (Å²) < 4.78 is 1.91. The van der Waals surface area contributed by atoms with Gasteiger partial charge in [0.2, 0.25) is 0 Å². The van der Waals surface area contributed by atoms with Crippen LogP contribution in [0.25, 0.3) is 0 Å². The van der Waals surface area contributed by atoms with Crippen LogP contribution in [0.5, 0.6) is 0 Å². The maximum Gasteiger partial charge on any atom is 0.115 e. The normalized spacial score (nSPS) is 12.4. The number of hydrogen-bond acceptors (Lipinski definition) is 4. The van der Waals surface area contributed by atoms with Gasteiger partial charge in [-0.25, -0.2) is 9.97 Å². The van der Waals surface area contributed by atoms with Gasteiger partial charge in [-0.05, 0) is 13.8 Å². The molecule has 0 aliphatic rings. The Labute approximate surface area is 94.5 Å². The third-order valence-electron chi connectivity index (χ3n) is 2.42. The third kappa shape index (κ3) is 2.36. The third-order valence-corrected chi connectivity index (χ3v) is 2.42. The summed E-state index contributed by atoms with van der Waals surface area (Å²) in [6, 6.07) is 0.200. The molecule has 5 nitrogen and oxygen atoms in total. The van der Waals surface area contributed by atoms with Crippen molar-refractivity contribution in [2.75, 3.05) is 5.32 Å². The molecule has 0 aliphatic carbocycles. The highest BCUT2D eigenvalue weighted by Crippen LogP contribution is 2.16. The van der Waals surface area contributed by atoms with E-state index in [9.17, 15) is 0 Å². The lowest BCUT2D eigenvalue weighted by molar-refractivity contribution is 0.658. The fraction of sp³-hybridized carbons (Fsp3) is 0.364. The molecule has 0 saturated carbocycles. The van der Waals surface area contributed by atoms with Crippen LogP contribution in [0.1, 0.15) is 25.5 Å². The smallest absolute Gasteiger partial charge is 0.115 e. The van der Waals surface area contributed by atoms with E-state index in [-0.39, 0.29) is 6.04 Å². The summed E-state index contributed by atoms with van der Waals surface area (Å²) in [4.78, 5) is 7.92. The van der Waals surface area contributed by atoms with Crippen LogP contribution in [0.15, 0.2) is 31.1 Å². The number of anilines is 1. The lowest BCUT2D eigenvalue weighted by Crippen LogP contribution is -2.06. The molecule has 0 amide bonds. The summed E-state index contributed by atoms with van der Waals surface area (Å²) in [5, 5.41) is 7.56. The Morgan fingerprint density at radius 1 is 1.31 bits per heavy atom. The molecule has 2 aromatic rings. The summed E-state index contributed by atoms with van der Waals surface area (Å²) >= 11 is 0. The minimum Gasteiger partial charge on any atom is -0.376 e.